The summed E-state index contributed by atoms with van der Waals surface area (Å²) in [5.74, 6) is 0.977. The highest BCUT2D eigenvalue weighted by molar-refractivity contribution is 5.40. The third kappa shape index (κ3) is 5.98. The van der Waals surface area contributed by atoms with Crippen LogP contribution in [0.25, 0.3) is 0 Å². The molecule has 0 radical (unpaired) electrons. The summed E-state index contributed by atoms with van der Waals surface area (Å²) in [5.41, 5.74) is 2.49. The Bertz CT molecular complexity index is 368. The molecular weight excluding hydrogens is 244 g/mol. The van der Waals surface area contributed by atoms with Gasteiger partial charge in [0, 0.05) is 0 Å². The van der Waals surface area contributed by atoms with E-state index in [1.807, 2.05) is 12.1 Å². The van der Waals surface area contributed by atoms with Gasteiger partial charge in [-0.2, -0.15) is 0 Å². The van der Waals surface area contributed by atoms with Crippen LogP contribution < -0.4 is 0 Å². The molecule has 1 aromatic rings. The standard InChI is InChI=1S/C19H32O/c1-4-5-6-7-8-9-10-11-13-18-17(16(2)3)14-12-15-19(18)20/h12,14-16,20H,4-11,13H2,1-3H3. The summed E-state index contributed by atoms with van der Waals surface area (Å²) in [5, 5.41) is 10.0. The molecule has 20 heavy (non-hydrogen) atoms. The second-order valence-corrected chi connectivity index (χ2v) is 6.22. The van der Waals surface area contributed by atoms with Gasteiger partial charge in [0.1, 0.15) is 5.75 Å². The molecule has 0 atom stereocenters. The summed E-state index contributed by atoms with van der Waals surface area (Å²) in [4.78, 5) is 0. The van der Waals surface area contributed by atoms with E-state index in [9.17, 15) is 5.11 Å². The lowest BCUT2D eigenvalue weighted by Crippen LogP contribution is -1.97. The molecule has 0 saturated carbocycles. The highest BCUT2D eigenvalue weighted by Crippen LogP contribution is 2.28. The van der Waals surface area contributed by atoms with Crippen LogP contribution in [-0.4, -0.2) is 5.11 Å². The lowest BCUT2D eigenvalue weighted by molar-refractivity contribution is 0.463. The fourth-order valence-corrected chi connectivity index (χ4v) is 2.84. The first-order valence-electron chi connectivity index (χ1n) is 8.47. The van der Waals surface area contributed by atoms with Gasteiger partial charge in [-0.3, -0.25) is 0 Å². The Hall–Kier alpha value is -0.980. The van der Waals surface area contributed by atoms with Crippen molar-refractivity contribution in [3.63, 3.8) is 0 Å². The number of unbranched alkanes of at least 4 members (excludes halogenated alkanes) is 7. The number of hydrogen-bond donors (Lipinski definition) is 1. The van der Waals surface area contributed by atoms with E-state index in [-0.39, 0.29) is 0 Å². The van der Waals surface area contributed by atoms with Crippen molar-refractivity contribution in [3.05, 3.63) is 29.3 Å². The van der Waals surface area contributed by atoms with Crippen LogP contribution in [0.1, 0.15) is 89.2 Å². The van der Waals surface area contributed by atoms with Crippen LogP contribution in [0, 0.1) is 0 Å². The molecular formula is C19H32O. The minimum Gasteiger partial charge on any atom is -0.508 e. The van der Waals surface area contributed by atoms with Gasteiger partial charge in [0.05, 0.1) is 0 Å². The number of phenolic OH excluding ortho intramolecular Hbond substituents is 1. The zero-order valence-electron chi connectivity index (χ0n) is 13.6. The summed E-state index contributed by atoms with van der Waals surface area (Å²) >= 11 is 0. The molecule has 1 rings (SSSR count). The molecule has 0 heterocycles. The first kappa shape index (κ1) is 17.1. The molecule has 0 fully saturated rings. The molecule has 0 spiro atoms. The van der Waals surface area contributed by atoms with Crippen molar-refractivity contribution in [1.82, 2.24) is 0 Å². The zero-order valence-corrected chi connectivity index (χ0v) is 13.6. The van der Waals surface area contributed by atoms with Crippen LogP contribution in [0.4, 0.5) is 0 Å². The number of benzene rings is 1. The van der Waals surface area contributed by atoms with Crippen LogP contribution >= 0.6 is 0 Å². The van der Waals surface area contributed by atoms with Gasteiger partial charge in [-0.15, -0.1) is 0 Å². The van der Waals surface area contributed by atoms with Crippen molar-refractivity contribution in [3.8, 4) is 5.75 Å². The molecule has 0 bridgehead atoms. The van der Waals surface area contributed by atoms with E-state index in [2.05, 4.69) is 26.8 Å². The van der Waals surface area contributed by atoms with Gasteiger partial charge in [0.2, 0.25) is 0 Å². The number of rotatable bonds is 10. The third-order valence-electron chi connectivity index (χ3n) is 4.09. The van der Waals surface area contributed by atoms with Gasteiger partial charge < -0.3 is 5.11 Å². The summed E-state index contributed by atoms with van der Waals surface area (Å²) in [6.45, 7) is 6.66. The average Bonchev–Trinajstić information content (AvgIpc) is 2.43. The second kappa shape index (κ2) is 9.85. The van der Waals surface area contributed by atoms with E-state index in [0.717, 1.165) is 6.42 Å². The molecule has 1 nitrogen and oxygen atoms in total. The number of aromatic hydroxyl groups is 1. The molecule has 0 amide bonds. The van der Waals surface area contributed by atoms with Crippen LogP contribution in [0.3, 0.4) is 0 Å². The SMILES string of the molecule is CCCCCCCCCCc1c(O)cccc1C(C)C. The van der Waals surface area contributed by atoms with Crippen LogP contribution in [0.2, 0.25) is 0 Å². The lowest BCUT2D eigenvalue weighted by Gasteiger charge is -2.14. The second-order valence-electron chi connectivity index (χ2n) is 6.22. The van der Waals surface area contributed by atoms with E-state index in [0.29, 0.717) is 11.7 Å². The largest absolute Gasteiger partial charge is 0.508 e. The van der Waals surface area contributed by atoms with Crippen molar-refractivity contribution in [2.24, 2.45) is 0 Å². The van der Waals surface area contributed by atoms with E-state index < -0.39 is 0 Å². The predicted molar refractivity (Wildman–Crippen MR) is 88.5 cm³/mol. The van der Waals surface area contributed by atoms with E-state index in [1.54, 1.807) is 0 Å². The minimum absolute atomic E-state index is 0.485. The lowest BCUT2D eigenvalue weighted by atomic mass is 9.93. The maximum Gasteiger partial charge on any atom is 0.119 e. The molecule has 0 aromatic heterocycles. The summed E-state index contributed by atoms with van der Waals surface area (Å²) < 4.78 is 0. The maximum absolute atomic E-state index is 10.0. The van der Waals surface area contributed by atoms with Gasteiger partial charge in [-0.1, -0.05) is 77.8 Å². The molecule has 0 unspecified atom stereocenters. The van der Waals surface area contributed by atoms with Crippen molar-refractivity contribution < 1.29 is 5.11 Å². The molecule has 0 aliphatic heterocycles. The molecule has 114 valence electrons. The Kier molecular flexibility index (Phi) is 8.41. The topological polar surface area (TPSA) is 20.2 Å². The van der Waals surface area contributed by atoms with Gasteiger partial charge in [0.25, 0.3) is 0 Å². The Morgan fingerprint density at radius 1 is 0.900 bits per heavy atom. The maximum atomic E-state index is 10.0. The summed E-state index contributed by atoms with van der Waals surface area (Å²) in [6, 6.07) is 5.94. The van der Waals surface area contributed by atoms with Gasteiger partial charge in [-0.25, -0.2) is 0 Å². The zero-order chi connectivity index (χ0) is 14.8. The first-order chi connectivity index (χ1) is 9.66. The average molecular weight is 276 g/mol. The first-order valence-corrected chi connectivity index (χ1v) is 8.47. The number of phenols is 1. The fourth-order valence-electron chi connectivity index (χ4n) is 2.84. The van der Waals surface area contributed by atoms with Crippen LogP contribution in [0.5, 0.6) is 5.75 Å². The van der Waals surface area contributed by atoms with Crippen LogP contribution in [-0.2, 0) is 6.42 Å². The van der Waals surface area contributed by atoms with Crippen molar-refractivity contribution in [2.75, 3.05) is 0 Å². The van der Waals surface area contributed by atoms with Gasteiger partial charge >= 0.3 is 0 Å². The molecule has 0 aliphatic rings. The Labute approximate surface area is 125 Å². The smallest absolute Gasteiger partial charge is 0.119 e. The van der Waals surface area contributed by atoms with Crippen molar-refractivity contribution in [1.29, 1.82) is 0 Å². The molecule has 0 aliphatic carbocycles. The third-order valence-corrected chi connectivity index (χ3v) is 4.09. The molecule has 1 heteroatoms. The highest BCUT2D eigenvalue weighted by Gasteiger charge is 2.10. The normalized spacial score (nSPS) is 11.2. The molecule has 1 aromatic carbocycles. The quantitative estimate of drug-likeness (QED) is 0.504. The fraction of sp³-hybridized carbons (Fsp3) is 0.684. The van der Waals surface area contributed by atoms with E-state index >= 15 is 0 Å². The summed E-state index contributed by atoms with van der Waals surface area (Å²) in [7, 11) is 0. The van der Waals surface area contributed by atoms with Crippen molar-refractivity contribution >= 4 is 0 Å². The Morgan fingerprint density at radius 2 is 1.50 bits per heavy atom. The number of hydrogen-bond acceptors (Lipinski definition) is 1. The Morgan fingerprint density at radius 3 is 2.10 bits per heavy atom. The van der Waals surface area contributed by atoms with Gasteiger partial charge in [0.15, 0.2) is 0 Å². The van der Waals surface area contributed by atoms with Gasteiger partial charge in [-0.05, 0) is 36.0 Å². The predicted octanol–water partition coefficient (Wildman–Crippen LogP) is 6.20. The monoisotopic (exact) mass is 276 g/mol. The van der Waals surface area contributed by atoms with E-state index in [1.165, 1.54) is 62.5 Å². The van der Waals surface area contributed by atoms with E-state index in [4.69, 9.17) is 0 Å². The Balaban J connectivity index is 2.28. The van der Waals surface area contributed by atoms with Crippen molar-refractivity contribution in [2.45, 2.75) is 84.5 Å². The van der Waals surface area contributed by atoms with Crippen LogP contribution in [0.15, 0.2) is 18.2 Å². The minimum atomic E-state index is 0.485. The molecule has 0 saturated heterocycles. The highest BCUT2D eigenvalue weighted by atomic mass is 16.3. The molecule has 1 N–H and O–H groups in total. The summed E-state index contributed by atoms with van der Waals surface area (Å²) in [6.07, 6.45) is 11.7.